The molecule has 3 N–H and O–H groups in total. The highest BCUT2D eigenvalue weighted by Crippen LogP contribution is 2.20. The van der Waals surface area contributed by atoms with Crippen molar-refractivity contribution in [3.63, 3.8) is 0 Å². The van der Waals surface area contributed by atoms with Gasteiger partial charge in [0.05, 0.1) is 16.6 Å². The summed E-state index contributed by atoms with van der Waals surface area (Å²) in [6.45, 7) is 1.63. The normalized spacial score (nSPS) is 11.3. The number of primary sulfonamides is 1. The van der Waals surface area contributed by atoms with E-state index in [1.807, 2.05) is 0 Å². The predicted octanol–water partition coefficient (Wildman–Crippen LogP) is 1.35. The smallest absolute Gasteiger partial charge is 0.267 e. The minimum atomic E-state index is -3.81. The minimum absolute atomic E-state index is 0.00500. The first-order chi connectivity index (χ1) is 8.88. The molecule has 0 bridgehead atoms. The number of rotatable bonds is 3. The number of nitrogens with one attached hydrogen (secondary N) is 1. The summed E-state index contributed by atoms with van der Waals surface area (Å²) < 4.78 is 22.8. The fraction of sp³-hybridized carbons (Fsp3) is 0.0909. The standard InChI is InChI=1S/C11H11N3O3S2/c1-7-2-3-8(4-10(7)19(12,16)17)14-11(15)9-5-13-6-18-9/h2-6H,1H3,(H,14,15)(H2,12,16,17). The van der Waals surface area contributed by atoms with Crippen LogP contribution < -0.4 is 10.5 Å². The summed E-state index contributed by atoms with van der Waals surface area (Å²) in [4.78, 5) is 16.0. The van der Waals surface area contributed by atoms with Gasteiger partial charge in [0.1, 0.15) is 4.88 Å². The Kier molecular flexibility index (Phi) is 3.65. The first-order valence-electron chi connectivity index (χ1n) is 5.21. The number of hydrogen-bond acceptors (Lipinski definition) is 5. The quantitative estimate of drug-likeness (QED) is 0.892. The van der Waals surface area contributed by atoms with E-state index in [0.29, 0.717) is 16.1 Å². The Bertz CT molecular complexity index is 709. The predicted molar refractivity (Wildman–Crippen MR) is 72.6 cm³/mol. The Morgan fingerprint density at radius 1 is 1.42 bits per heavy atom. The van der Waals surface area contributed by atoms with E-state index in [0.717, 1.165) is 0 Å². The van der Waals surface area contributed by atoms with E-state index in [-0.39, 0.29) is 10.8 Å². The van der Waals surface area contributed by atoms with Gasteiger partial charge >= 0.3 is 0 Å². The van der Waals surface area contributed by atoms with Crippen LogP contribution in [0, 0.1) is 6.92 Å². The monoisotopic (exact) mass is 297 g/mol. The van der Waals surface area contributed by atoms with E-state index in [1.54, 1.807) is 24.6 Å². The van der Waals surface area contributed by atoms with Gasteiger partial charge in [-0.15, -0.1) is 11.3 Å². The van der Waals surface area contributed by atoms with Gasteiger partial charge in [-0.1, -0.05) is 6.07 Å². The van der Waals surface area contributed by atoms with Crippen LogP contribution in [0.2, 0.25) is 0 Å². The van der Waals surface area contributed by atoms with Gasteiger partial charge in [0.15, 0.2) is 0 Å². The average molecular weight is 297 g/mol. The Hall–Kier alpha value is -1.77. The molecule has 1 amide bonds. The number of anilines is 1. The van der Waals surface area contributed by atoms with Gasteiger partial charge in [0.2, 0.25) is 10.0 Å². The molecule has 2 aromatic rings. The molecule has 0 aliphatic carbocycles. The molecule has 0 saturated carbocycles. The first-order valence-corrected chi connectivity index (χ1v) is 7.64. The molecular weight excluding hydrogens is 286 g/mol. The van der Waals surface area contributed by atoms with Gasteiger partial charge in [0.25, 0.3) is 5.91 Å². The third kappa shape index (κ3) is 3.16. The molecule has 0 atom stereocenters. The maximum absolute atomic E-state index is 11.8. The average Bonchev–Trinajstić information content (AvgIpc) is 2.83. The van der Waals surface area contributed by atoms with Crippen LogP contribution in [0.1, 0.15) is 15.2 Å². The van der Waals surface area contributed by atoms with Gasteiger partial charge in [0, 0.05) is 5.69 Å². The number of hydrogen-bond donors (Lipinski definition) is 2. The van der Waals surface area contributed by atoms with Crippen molar-refractivity contribution in [3.05, 3.63) is 40.3 Å². The summed E-state index contributed by atoms with van der Waals surface area (Å²) >= 11 is 1.20. The summed E-state index contributed by atoms with van der Waals surface area (Å²) in [5, 5.41) is 7.70. The van der Waals surface area contributed by atoms with Gasteiger partial charge in [-0.05, 0) is 24.6 Å². The molecule has 1 aromatic heterocycles. The molecule has 0 aliphatic heterocycles. The van der Waals surface area contributed by atoms with Crippen molar-refractivity contribution in [1.82, 2.24) is 4.98 Å². The summed E-state index contributed by atoms with van der Waals surface area (Å²) in [6.07, 6.45) is 1.44. The number of benzene rings is 1. The number of sulfonamides is 1. The van der Waals surface area contributed by atoms with E-state index in [9.17, 15) is 13.2 Å². The van der Waals surface area contributed by atoms with Crippen LogP contribution >= 0.6 is 11.3 Å². The second-order valence-electron chi connectivity index (χ2n) is 3.85. The third-order valence-corrected chi connectivity index (χ3v) is 4.23. The van der Waals surface area contributed by atoms with E-state index < -0.39 is 10.0 Å². The SMILES string of the molecule is Cc1ccc(NC(=O)c2cncs2)cc1S(N)(=O)=O. The largest absolute Gasteiger partial charge is 0.321 e. The number of amides is 1. The van der Waals surface area contributed by atoms with Gasteiger partial charge in [-0.2, -0.15) is 0 Å². The van der Waals surface area contributed by atoms with Crippen LogP contribution in [0.5, 0.6) is 0 Å². The van der Waals surface area contributed by atoms with E-state index in [1.165, 1.54) is 23.6 Å². The summed E-state index contributed by atoms with van der Waals surface area (Å²) in [6, 6.07) is 4.54. The lowest BCUT2D eigenvalue weighted by atomic mass is 10.2. The molecular formula is C11H11N3O3S2. The molecule has 6 nitrogen and oxygen atoms in total. The van der Waals surface area contributed by atoms with E-state index >= 15 is 0 Å². The zero-order chi connectivity index (χ0) is 14.0. The lowest BCUT2D eigenvalue weighted by Crippen LogP contribution is -2.15. The fourth-order valence-electron chi connectivity index (χ4n) is 1.50. The van der Waals surface area contributed by atoms with Crippen LogP contribution in [0.4, 0.5) is 5.69 Å². The van der Waals surface area contributed by atoms with E-state index in [4.69, 9.17) is 5.14 Å². The van der Waals surface area contributed by atoms with Crippen molar-refractivity contribution in [3.8, 4) is 0 Å². The number of aryl methyl sites for hydroxylation is 1. The van der Waals surface area contributed by atoms with Crippen molar-refractivity contribution in [2.24, 2.45) is 5.14 Å². The van der Waals surface area contributed by atoms with E-state index in [2.05, 4.69) is 10.3 Å². The molecule has 2 rings (SSSR count). The molecule has 0 radical (unpaired) electrons. The molecule has 0 spiro atoms. The van der Waals surface area contributed by atoms with Crippen LogP contribution in [-0.4, -0.2) is 19.3 Å². The molecule has 0 fully saturated rings. The number of thiazole rings is 1. The highest BCUT2D eigenvalue weighted by Gasteiger charge is 2.14. The molecule has 0 saturated heterocycles. The van der Waals surface area contributed by atoms with Crippen LogP contribution in [0.15, 0.2) is 34.8 Å². The van der Waals surface area contributed by atoms with Crippen LogP contribution in [0.25, 0.3) is 0 Å². The lowest BCUT2D eigenvalue weighted by Gasteiger charge is -2.08. The number of aromatic nitrogens is 1. The van der Waals surface area contributed by atoms with Crippen LogP contribution in [0.3, 0.4) is 0 Å². The molecule has 0 unspecified atom stereocenters. The second kappa shape index (κ2) is 5.08. The Balaban J connectivity index is 2.30. The fourth-order valence-corrected chi connectivity index (χ4v) is 2.83. The maximum atomic E-state index is 11.8. The van der Waals surface area contributed by atoms with Gasteiger partial charge in [-0.25, -0.2) is 13.6 Å². The lowest BCUT2D eigenvalue weighted by molar-refractivity contribution is 0.103. The van der Waals surface area contributed by atoms with Crippen molar-refractivity contribution in [2.45, 2.75) is 11.8 Å². The van der Waals surface area contributed by atoms with Crippen molar-refractivity contribution in [2.75, 3.05) is 5.32 Å². The van der Waals surface area contributed by atoms with Gasteiger partial charge in [-0.3, -0.25) is 9.78 Å². The highest BCUT2D eigenvalue weighted by atomic mass is 32.2. The first kappa shape index (κ1) is 13.7. The van der Waals surface area contributed by atoms with Crippen molar-refractivity contribution >= 4 is 33.0 Å². The zero-order valence-corrected chi connectivity index (χ0v) is 11.6. The number of carbonyl (C=O) groups excluding carboxylic acids is 1. The second-order valence-corrected chi connectivity index (χ2v) is 6.26. The van der Waals surface area contributed by atoms with Crippen molar-refractivity contribution in [1.29, 1.82) is 0 Å². The third-order valence-electron chi connectivity index (χ3n) is 2.41. The molecule has 1 aromatic carbocycles. The molecule has 0 aliphatic rings. The topological polar surface area (TPSA) is 102 Å². The maximum Gasteiger partial charge on any atom is 0.267 e. The van der Waals surface area contributed by atoms with Crippen molar-refractivity contribution < 1.29 is 13.2 Å². The number of nitrogens with zero attached hydrogens (tertiary/aromatic N) is 1. The minimum Gasteiger partial charge on any atom is -0.321 e. The summed E-state index contributed by atoms with van der Waals surface area (Å²) in [5.41, 5.74) is 2.44. The molecule has 19 heavy (non-hydrogen) atoms. The Morgan fingerprint density at radius 2 is 2.16 bits per heavy atom. The summed E-state index contributed by atoms with van der Waals surface area (Å²) in [5.74, 6) is -0.341. The van der Waals surface area contributed by atoms with Crippen LogP contribution in [-0.2, 0) is 10.0 Å². The molecule has 8 heteroatoms. The Morgan fingerprint density at radius 3 is 2.74 bits per heavy atom. The molecule has 1 heterocycles. The number of carbonyl (C=O) groups is 1. The number of nitrogens with two attached hydrogens (primary N) is 1. The van der Waals surface area contributed by atoms with Gasteiger partial charge < -0.3 is 5.32 Å². The zero-order valence-electron chi connectivity index (χ0n) is 9.95. The summed E-state index contributed by atoms with van der Waals surface area (Å²) in [7, 11) is -3.81. The molecule has 100 valence electrons. The Labute approximate surface area is 114 Å². The highest BCUT2D eigenvalue weighted by molar-refractivity contribution is 7.89.